The van der Waals surface area contributed by atoms with Crippen LogP contribution in [0.1, 0.15) is 13.8 Å². The molecule has 2 nitrogen and oxygen atoms in total. The molecule has 0 saturated heterocycles. The molecule has 1 aromatic rings. The quantitative estimate of drug-likeness (QED) is 0.597. The fourth-order valence-corrected chi connectivity index (χ4v) is 1.88. The summed E-state index contributed by atoms with van der Waals surface area (Å²) in [5.74, 6) is 1.86. The van der Waals surface area contributed by atoms with E-state index in [1.54, 1.807) is 18.9 Å². The maximum absolute atomic E-state index is 5.09. The van der Waals surface area contributed by atoms with Crippen molar-refractivity contribution in [2.45, 2.75) is 24.8 Å². The molecule has 0 aliphatic carbocycles. The first-order valence-electron chi connectivity index (χ1n) is 4.72. The van der Waals surface area contributed by atoms with Crippen molar-refractivity contribution in [1.82, 2.24) is 5.32 Å². The van der Waals surface area contributed by atoms with E-state index in [1.165, 1.54) is 4.90 Å². The number of thioether (sulfide) groups is 1. The zero-order valence-electron chi connectivity index (χ0n) is 8.91. The first kappa shape index (κ1) is 11.4. The highest BCUT2D eigenvalue weighted by Gasteiger charge is 1.96. The molecule has 1 aromatic carbocycles. The number of hydrogen-bond acceptors (Lipinski definition) is 3. The lowest BCUT2D eigenvalue weighted by atomic mass is 10.3. The smallest absolute Gasteiger partial charge is 0.118 e. The van der Waals surface area contributed by atoms with Gasteiger partial charge in [0.05, 0.1) is 7.11 Å². The van der Waals surface area contributed by atoms with Gasteiger partial charge in [0.1, 0.15) is 5.75 Å². The second kappa shape index (κ2) is 5.94. The van der Waals surface area contributed by atoms with Crippen LogP contribution < -0.4 is 10.1 Å². The van der Waals surface area contributed by atoms with E-state index in [1.807, 2.05) is 12.1 Å². The maximum atomic E-state index is 5.09. The average molecular weight is 211 g/mol. The molecule has 14 heavy (non-hydrogen) atoms. The van der Waals surface area contributed by atoms with Crippen molar-refractivity contribution in [2.24, 2.45) is 0 Å². The van der Waals surface area contributed by atoms with Gasteiger partial charge in [0.15, 0.2) is 0 Å². The van der Waals surface area contributed by atoms with Gasteiger partial charge in [-0.25, -0.2) is 0 Å². The van der Waals surface area contributed by atoms with Crippen LogP contribution in [0.2, 0.25) is 0 Å². The van der Waals surface area contributed by atoms with Gasteiger partial charge >= 0.3 is 0 Å². The fourth-order valence-electron chi connectivity index (χ4n) is 0.964. The summed E-state index contributed by atoms with van der Waals surface area (Å²) >= 11 is 1.80. The zero-order valence-corrected chi connectivity index (χ0v) is 9.73. The molecule has 0 spiro atoms. The Bertz CT molecular complexity index is 258. The molecule has 78 valence electrons. The van der Waals surface area contributed by atoms with Crippen molar-refractivity contribution in [3.8, 4) is 5.75 Å². The van der Waals surface area contributed by atoms with Crippen molar-refractivity contribution >= 4 is 11.8 Å². The third-order valence-electron chi connectivity index (χ3n) is 1.79. The molecule has 0 aromatic heterocycles. The fraction of sp³-hybridized carbons (Fsp3) is 0.455. The molecular weight excluding hydrogens is 194 g/mol. The number of methoxy groups -OCH3 is 1. The van der Waals surface area contributed by atoms with Crippen molar-refractivity contribution in [3.05, 3.63) is 24.3 Å². The Labute approximate surface area is 90.0 Å². The normalized spacial score (nSPS) is 10.6. The Morgan fingerprint density at radius 1 is 1.29 bits per heavy atom. The van der Waals surface area contributed by atoms with E-state index in [-0.39, 0.29) is 0 Å². The van der Waals surface area contributed by atoms with Crippen molar-refractivity contribution in [2.75, 3.05) is 13.0 Å². The Balaban J connectivity index is 2.36. The molecule has 0 amide bonds. The van der Waals surface area contributed by atoms with Crippen molar-refractivity contribution in [3.63, 3.8) is 0 Å². The highest BCUT2D eigenvalue weighted by Crippen LogP contribution is 2.20. The van der Waals surface area contributed by atoms with Gasteiger partial charge < -0.3 is 10.1 Å². The van der Waals surface area contributed by atoms with E-state index < -0.39 is 0 Å². The van der Waals surface area contributed by atoms with Crippen LogP contribution in [-0.2, 0) is 0 Å². The van der Waals surface area contributed by atoms with Crippen LogP contribution in [0.25, 0.3) is 0 Å². The Morgan fingerprint density at radius 2 is 1.93 bits per heavy atom. The largest absolute Gasteiger partial charge is 0.497 e. The van der Waals surface area contributed by atoms with Crippen molar-refractivity contribution < 1.29 is 4.74 Å². The van der Waals surface area contributed by atoms with Gasteiger partial charge in [-0.2, -0.15) is 0 Å². The molecular formula is C11H17NOS. The topological polar surface area (TPSA) is 21.3 Å². The third-order valence-corrected chi connectivity index (χ3v) is 2.71. The van der Waals surface area contributed by atoms with Crippen LogP contribution in [0, 0.1) is 0 Å². The molecule has 0 unspecified atom stereocenters. The summed E-state index contributed by atoms with van der Waals surface area (Å²) in [4.78, 5) is 1.26. The molecule has 0 atom stereocenters. The predicted molar refractivity (Wildman–Crippen MR) is 62.0 cm³/mol. The van der Waals surface area contributed by atoms with Crippen LogP contribution in [0.4, 0.5) is 0 Å². The second-order valence-corrected chi connectivity index (χ2v) is 4.37. The van der Waals surface area contributed by atoms with E-state index in [0.717, 1.165) is 11.6 Å². The van der Waals surface area contributed by atoms with Gasteiger partial charge in [0.2, 0.25) is 0 Å². The van der Waals surface area contributed by atoms with Gasteiger partial charge in [-0.1, -0.05) is 13.8 Å². The molecule has 0 radical (unpaired) electrons. The molecule has 0 aliphatic rings. The summed E-state index contributed by atoms with van der Waals surface area (Å²) in [7, 11) is 1.68. The minimum Gasteiger partial charge on any atom is -0.497 e. The molecule has 3 heteroatoms. The van der Waals surface area contributed by atoms with E-state index in [9.17, 15) is 0 Å². The van der Waals surface area contributed by atoms with Crippen molar-refractivity contribution in [1.29, 1.82) is 0 Å². The van der Waals surface area contributed by atoms with Crippen LogP contribution in [-0.4, -0.2) is 19.0 Å². The standard InChI is InChI=1S/C11H17NOS/c1-9(2)12-8-14-11-6-4-10(13-3)5-7-11/h4-7,9,12H,8H2,1-3H3. The minimum atomic E-state index is 0.542. The van der Waals surface area contributed by atoms with E-state index in [4.69, 9.17) is 4.74 Å². The molecule has 0 fully saturated rings. The maximum Gasteiger partial charge on any atom is 0.118 e. The summed E-state index contributed by atoms with van der Waals surface area (Å²) in [5, 5.41) is 3.35. The van der Waals surface area contributed by atoms with Crippen LogP contribution in [0.5, 0.6) is 5.75 Å². The summed E-state index contributed by atoms with van der Waals surface area (Å²) in [5.41, 5.74) is 0. The molecule has 0 saturated carbocycles. The summed E-state index contributed by atoms with van der Waals surface area (Å²) < 4.78 is 5.09. The summed E-state index contributed by atoms with van der Waals surface area (Å²) in [6.45, 7) is 4.29. The van der Waals surface area contributed by atoms with E-state index in [0.29, 0.717) is 6.04 Å². The molecule has 0 heterocycles. The van der Waals surface area contributed by atoms with Gasteiger partial charge in [-0.15, -0.1) is 11.8 Å². The lowest BCUT2D eigenvalue weighted by Gasteiger charge is -2.07. The third kappa shape index (κ3) is 4.03. The summed E-state index contributed by atoms with van der Waals surface area (Å²) in [6.07, 6.45) is 0. The monoisotopic (exact) mass is 211 g/mol. The number of hydrogen-bond donors (Lipinski definition) is 1. The lowest BCUT2D eigenvalue weighted by Crippen LogP contribution is -2.21. The van der Waals surface area contributed by atoms with Gasteiger partial charge in [0, 0.05) is 16.8 Å². The second-order valence-electron chi connectivity index (χ2n) is 3.32. The first-order chi connectivity index (χ1) is 6.72. The first-order valence-corrected chi connectivity index (χ1v) is 5.71. The molecule has 1 N–H and O–H groups in total. The molecule has 1 rings (SSSR count). The zero-order chi connectivity index (χ0) is 10.4. The predicted octanol–water partition coefficient (Wildman–Crippen LogP) is 2.74. The highest BCUT2D eigenvalue weighted by atomic mass is 32.2. The minimum absolute atomic E-state index is 0.542. The van der Waals surface area contributed by atoms with Crippen LogP contribution in [0.3, 0.4) is 0 Å². The highest BCUT2D eigenvalue weighted by molar-refractivity contribution is 7.99. The number of ether oxygens (including phenoxy) is 1. The number of benzene rings is 1. The van der Waals surface area contributed by atoms with Gasteiger partial charge in [-0.05, 0) is 24.3 Å². The molecule has 0 bridgehead atoms. The Kier molecular flexibility index (Phi) is 4.84. The molecule has 0 aliphatic heterocycles. The van der Waals surface area contributed by atoms with Gasteiger partial charge in [-0.3, -0.25) is 0 Å². The Hall–Kier alpha value is -0.670. The van der Waals surface area contributed by atoms with E-state index >= 15 is 0 Å². The SMILES string of the molecule is COc1ccc(SCNC(C)C)cc1. The average Bonchev–Trinajstić information content (AvgIpc) is 2.18. The Morgan fingerprint density at radius 3 is 2.43 bits per heavy atom. The van der Waals surface area contributed by atoms with Gasteiger partial charge in [0.25, 0.3) is 0 Å². The number of rotatable bonds is 5. The number of nitrogens with one attached hydrogen (secondary N) is 1. The van der Waals surface area contributed by atoms with Crippen LogP contribution >= 0.6 is 11.8 Å². The lowest BCUT2D eigenvalue weighted by molar-refractivity contribution is 0.414. The van der Waals surface area contributed by atoms with Crippen LogP contribution in [0.15, 0.2) is 29.2 Å². The van der Waals surface area contributed by atoms with E-state index in [2.05, 4.69) is 31.3 Å². The summed E-state index contributed by atoms with van der Waals surface area (Å²) in [6, 6.07) is 8.66.